The lowest BCUT2D eigenvalue weighted by Crippen LogP contribution is -2.40. The van der Waals surface area contributed by atoms with Crippen molar-refractivity contribution in [3.63, 3.8) is 0 Å². The van der Waals surface area contributed by atoms with Crippen LogP contribution in [0.5, 0.6) is 5.88 Å². The van der Waals surface area contributed by atoms with Crippen molar-refractivity contribution in [2.24, 2.45) is 11.8 Å². The third-order valence-electron chi connectivity index (χ3n) is 3.64. The summed E-state index contributed by atoms with van der Waals surface area (Å²) < 4.78 is 43.1. The highest BCUT2D eigenvalue weighted by molar-refractivity contribution is 5.79. The van der Waals surface area contributed by atoms with Crippen LogP contribution in [0.4, 0.5) is 19.1 Å². The number of anilines is 1. The third kappa shape index (κ3) is 4.22. The third-order valence-corrected chi connectivity index (χ3v) is 3.64. The molecule has 1 aromatic heterocycles. The van der Waals surface area contributed by atoms with Crippen LogP contribution in [0.1, 0.15) is 25.7 Å². The van der Waals surface area contributed by atoms with Crippen molar-refractivity contribution in [3.05, 3.63) is 12.3 Å². The molecular weight excluding hydrogens is 301 g/mol. The number of carbonyl (C=O) groups excluding carboxylic acids is 1. The minimum atomic E-state index is -4.25. The van der Waals surface area contributed by atoms with E-state index in [-0.39, 0.29) is 18.8 Å². The summed E-state index contributed by atoms with van der Waals surface area (Å²) in [5.41, 5.74) is 4.84. The van der Waals surface area contributed by atoms with Crippen LogP contribution in [0.25, 0.3) is 0 Å². The van der Waals surface area contributed by atoms with Gasteiger partial charge in [0.1, 0.15) is 0 Å². The predicted molar refractivity (Wildman–Crippen MR) is 71.9 cm³/mol. The number of nitrogens with one attached hydrogen (secondary N) is 2. The molecule has 1 heterocycles. The highest BCUT2D eigenvalue weighted by atomic mass is 19.4. The normalized spacial score (nSPS) is 22.0. The Morgan fingerprint density at radius 1 is 1.41 bits per heavy atom. The molecule has 0 aromatic carbocycles. The zero-order valence-electron chi connectivity index (χ0n) is 12.0. The average Bonchev–Trinajstić information content (AvgIpc) is 2.52. The van der Waals surface area contributed by atoms with E-state index in [1.165, 1.54) is 19.4 Å². The van der Waals surface area contributed by atoms with Gasteiger partial charge in [0.2, 0.25) is 17.7 Å². The van der Waals surface area contributed by atoms with Crippen molar-refractivity contribution in [1.82, 2.24) is 15.4 Å². The fourth-order valence-electron chi connectivity index (χ4n) is 2.46. The van der Waals surface area contributed by atoms with Gasteiger partial charge in [0.05, 0.1) is 13.0 Å². The van der Waals surface area contributed by atoms with Crippen LogP contribution in [0.3, 0.4) is 0 Å². The highest BCUT2D eigenvalue weighted by Gasteiger charge is 2.43. The number of alkyl halides is 3. The van der Waals surface area contributed by atoms with Gasteiger partial charge in [0, 0.05) is 18.2 Å². The zero-order valence-corrected chi connectivity index (χ0v) is 12.0. The number of hydrogen-bond acceptors (Lipinski definition) is 5. The van der Waals surface area contributed by atoms with Gasteiger partial charge in [0.15, 0.2) is 0 Å². The van der Waals surface area contributed by atoms with Crippen molar-refractivity contribution in [3.8, 4) is 5.88 Å². The van der Waals surface area contributed by atoms with Crippen LogP contribution >= 0.6 is 0 Å². The van der Waals surface area contributed by atoms with Crippen LogP contribution in [-0.2, 0) is 4.79 Å². The van der Waals surface area contributed by atoms with Crippen molar-refractivity contribution in [2.45, 2.75) is 31.9 Å². The number of rotatable bonds is 4. The lowest BCUT2D eigenvalue weighted by atomic mass is 9.80. The summed E-state index contributed by atoms with van der Waals surface area (Å²) in [5, 5.41) is 0. The van der Waals surface area contributed by atoms with Gasteiger partial charge in [-0.05, 0) is 19.3 Å². The molecule has 122 valence electrons. The fourth-order valence-corrected chi connectivity index (χ4v) is 2.46. The Kier molecular flexibility index (Phi) is 5.04. The maximum absolute atomic E-state index is 12.7. The molecule has 1 aromatic rings. The summed E-state index contributed by atoms with van der Waals surface area (Å²) in [5.74, 6) is -2.15. The lowest BCUT2D eigenvalue weighted by molar-refractivity contribution is -0.186. The maximum atomic E-state index is 12.7. The first-order chi connectivity index (χ1) is 10.4. The van der Waals surface area contributed by atoms with E-state index in [0.29, 0.717) is 18.7 Å². The Morgan fingerprint density at radius 2 is 2.18 bits per heavy atom. The van der Waals surface area contributed by atoms with E-state index in [9.17, 15) is 18.0 Å². The minimum absolute atomic E-state index is 0.0830. The number of aromatic nitrogens is 2. The number of carbonyl (C=O) groups is 1. The highest BCUT2D eigenvalue weighted by Crippen LogP contribution is 2.39. The largest absolute Gasteiger partial charge is 0.481 e. The molecule has 2 N–H and O–H groups in total. The zero-order chi connectivity index (χ0) is 16.2. The SMILES string of the molecule is COc1ccnc(NNC(=O)C2CCCC(C(F)(F)F)C2)n1. The van der Waals surface area contributed by atoms with Crippen molar-refractivity contribution in [2.75, 3.05) is 12.5 Å². The second-order valence-corrected chi connectivity index (χ2v) is 5.14. The van der Waals surface area contributed by atoms with E-state index in [2.05, 4.69) is 20.8 Å². The smallest absolute Gasteiger partial charge is 0.391 e. The standard InChI is InChI=1S/C13H17F3N4O2/c1-22-10-5-6-17-12(18-10)20-19-11(21)8-3-2-4-9(7-8)13(14,15)16/h5-6,8-9H,2-4,7H2,1H3,(H,19,21)(H,17,18,20). The number of nitrogens with zero attached hydrogens (tertiary/aromatic N) is 2. The number of hydrogen-bond donors (Lipinski definition) is 2. The van der Waals surface area contributed by atoms with Crippen LogP contribution in [0, 0.1) is 11.8 Å². The molecule has 22 heavy (non-hydrogen) atoms. The summed E-state index contributed by atoms with van der Waals surface area (Å²) in [4.78, 5) is 19.8. The fraction of sp³-hybridized carbons (Fsp3) is 0.615. The first kappa shape index (κ1) is 16.3. The second kappa shape index (κ2) is 6.80. The second-order valence-electron chi connectivity index (χ2n) is 5.14. The molecule has 1 saturated carbocycles. The lowest BCUT2D eigenvalue weighted by Gasteiger charge is -2.29. The minimum Gasteiger partial charge on any atom is -0.481 e. The molecule has 1 aliphatic carbocycles. The Balaban J connectivity index is 1.89. The first-order valence-corrected chi connectivity index (χ1v) is 6.89. The van der Waals surface area contributed by atoms with E-state index >= 15 is 0 Å². The maximum Gasteiger partial charge on any atom is 0.391 e. The van der Waals surface area contributed by atoms with Crippen LogP contribution in [-0.4, -0.2) is 29.2 Å². The Hall–Kier alpha value is -2.06. The molecule has 1 amide bonds. The monoisotopic (exact) mass is 318 g/mol. The van der Waals surface area contributed by atoms with Gasteiger partial charge in [0.25, 0.3) is 0 Å². The first-order valence-electron chi connectivity index (χ1n) is 6.89. The molecule has 0 spiro atoms. The number of amides is 1. The van der Waals surface area contributed by atoms with Gasteiger partial charge in [-0.3, -0.25) is 15.6 Å². The van der Waals surface area contributed by atoms with Gasteiger partial charge in [-0.1, -0.05) is 6.42 Å². The molecule has 1 aliphatic rings. The molecule has 0 bridgehead atoms. The topological polar surface area (TPSA) is 76.1 Å². The number of hydrazine groups is 1. The van der Waals surface area contributed by atoms with Crippen LogP contribution in [0.15, 0.2) is 12.3 Å². The molecule has 1 fully saturated rings. The van der Waals surface area contributed by atoms with Crippen molar-refractivity contribution >= 4 is 11.9 Å². The van der Waals surface area contributed by atoms with Crippen molar-refractivity contribution in [1.29, 1.82) is 0 Å². The average molecular weight is 318 g/mol. The van der Waals surface area contributed by atoms with Gasteiger partial charge >= 0.3 is 6.18 Å². The number of ether oxygens (including phenoxy) is 1. The molecule has 6 nitrogen and oxygen atoms in total. The van der Waals surface area contributed by atoms with Crippen LogP contribution < -0.4 is 15.6 Å². The molecule has 9 heteroatoms. The van der Waals surface area contributed by atoms with E-state index in [4.69, 9.17) is 4.74 Å². The molecular formula is C13H17F3N4O2. The van der Waals surface area contributed by atoms with E-state index in [0.717, 1.165) is 0 Å². The Morgan fingerprint density at radius 3 is 2.86 bits per heavy atom. The summed E-state index contributed by atoms with van der Waals surface area (Å²) in [6.45, 7) is 0. The van der Waals surface area contributed by atoms with Gasteiger partial charge < -0.3 is 4.74 Å². The van der Waals surface area contributed by atoms with Crippen molar-refractivity contribution < 1.29 is 22.7 Å². The van der Waals surface area contributed by atoms with Gasteiger partial charge in [-0.15, -0.1) is 0 Å². The number of methoxy groups -OCH3 is 1. The Labute approximate surface area is 125 Å². The molecule has 2 unspecified atom stereocenters. The summed E-state index contributed by atoms with van der Waals surface area (Å²) >= 11 is 0. The summed E-state index contributed by atoms with van der Waals surface area (Å²) in [6.07, 6.45) is -2.09. The molecule has 0 saturated heterocycles. The Bertz CT molecular complexity index is 524. The summed E-state index contributed by atoms with van der Waals surface area (Å²) in [7, 11) is 1.43. The summed E-state index contributed by atoms with van der Waals surface area (Å²) in [6, 6.07) is 1.53. The quantitative estimate of drug-likeness (QED) is 0.833. The molecule has 2 rings (SSSR count). The van der Waals surface area contributed by atoms with Crippen LogP contribution in [0.2, 0.25) is 0 Å². The molecule has 0 aliphatic heterocycles. The molecule has 2 atom stereocenters. The van der Waals surface area contributed by atoms with E-state index in [1.807, 2.05) is 0 Å². The number of halogens is 3. The molecule has 0 radical (unpaired) electrons. The van der Waals surface area contributed by atoms with E-state index in [1.54, 1.807) is 0 Å². The van der Waals surface area contributed by atoms with E-state index < -0.39 is 23.9 Å². The van der Waals surface area contributed by atoms with Gasteiger partial charge in [-0.2, -0.15) is 18.2 Å². The predicted octanol–water partition coefficient (Wildman–Crippen LogP) is 2.30. The van der Waals surface area contributed by atoms with Gasteiger partial charge in [-0.25, -0.2) is 4.98 Å².